The molecule has 1 aromatic rings. The van der Waals surface area contributed by atoms with Crippen LogP contribution in [0.3, 0.4) is 0 Å². The number of rotatable bonds is 10. The van der Waals surface area contributed by atoms with Crippen LogP contribution in [0.15, 0.2) is 24.3 Å². The molecule has 1 rings (SSSR count). The lowest BCUT2D eigenvalue weighted by Gasteiger charge is -2.28. The zero-order chi connectivity index (χ0) is 15.6. The fraction of sp³-hybridized carbons (Fsp3) is 0.562. The highest BCUT2D eigenvalue weighted by Gasteiger charge is 2.39. The molecule has 0 atom stereocenters. The molecule has 116 valence electrons. The molecule has 0 aliphatic heterocycles. The van der Waals surface area contributed by atoms with Crippen molar-refractivity contribution >= 4 is 8.80 Å². The van der Waals surface area contributed by atoms with E-state index in [0.717, 1.165) is 18.0 Å². The highest BCUT2D eigenvalue weighted by atomic mass is 28.4. The number of benzene rings is 1. The summed E-state index contributed by atoms with van der Waals surface area (Å²) in [6.45, 7) is 7.65. The van der Waals surface area contributed by atoms with E-state index in [1.807, 2.05) is 39.0 Å². The van der Waals surface area contributed by atoms with Crippen molar-refractivity contribution in [2.45, 2.75) is 39.7 Å². The second-order valence-corrected chi connectivity index (χ2v) is 7.32. The summed E-state index contributed by atoms with van der Waals surface area (Å²) < 4.78 is 17.6. The summed E-state index contributed by atoms with van der Waals surface area (Å²) in [6, 6.07) is 11.0. The van der Waals surface area contributed by atoms with Crippen LogP contribution in [-0.4, -0.2) is 28.6 Å². The first-order valence-corrected chi connectivity index (χ1v) is 9.50. The van der Waals surface area contributed by atoms with Crippen molar-refractivity contribution in [1.82, 2.24) is 0 Å². The Morgan fingerprint density at radius 3 is 1.95 bits per heavy atom. The van der Waals surface area contributed by atoms with Gasteiger partial charge in [-0.05, 0) is 38.3 Å². The van der Waals surface area contributed by atoms with Crippen molar-refractivity contribution in [3.05, 3.63) is 35.4 Å². The number of nitriles is 1. The lowest BCUT2D eigenvalue weighted by molar-refractivity contribution is 0.0714. The Morgan fingerprint density at radius 2 is 1.48 bits per heavy atom. The summed E-state index contributed by atoms with van der Waals surface area (Å²) in [6.07, 6.45) is 1.24. The molecule has 0 heterocycles. The maximum atomic E-state index is 8.91. The Hall–Kier alpha value is -1.19. The van der Waals surface area contributed by atoms with Gasteiger partial charge in [-0.3, -0.25) is 0 Å². The molecule has 21 heavy (non-hydrogen) atoms. The molecule has 1 aromatic carbocycles. The summed E-state index contributed by atoms with van der Waals surface area (Å²) in [5.41, 5.74) is 2.25. The highest BCUT2D eigenvalue weighted by molar-refractivity contribution is 6.60. The Balaban J connectivity index is 2.82. The van der Waals surface area contributed by atoms with Gasteiger partial charge >= 0.3 is 8.80 Å². The van der Waals surface area contributed by atoms with Crippen molar-refractivity contribution in [1.29, 1.82) is 5.26 Å². The van der Waals surface area contributed by atoms with E-state index < -0.39 is 8.80 Å². The molecule has 0 aliphatic rings. The Labute approximate surface area is 129 Å². The fourth-order valence-corrected chi connectivity index (χ4v) is 4.93. The normalized spacial score (nSPS) is 11.3. The largest absolute Gasteiger partial charge is 0.501 e. The fourth-order valence-electron chi connectivity index (χ4n) is 2.35. The Kier molecular flexibility index (Phi) is 8.24. The molecule has 0 aromatic heterocycles. The number of hydrogen-bond acceptors (Lipinski definition) is 4. The van der Waals surface area contributed by atoms with E-state index in [9.17, 15) is 0 Å². The Bertz CT molecular complexity index is 442. The van der Waals surface area contributed by atoms with Crippen LogP contribution in [0.1, 0.15) is 31.9 Å². The molecule has 5 heteroatoms. The van der Waals surface area contributed by atoms with Crippen molar-refractivity contribution in [3.63, 3.8) is 0 Å². The van der Waals surface area contributed by atoms with E-state index in [1.54, 1.807) is 0 Å². The van der Waals surface area contributed by atoms with Crippen molar-refractivity contribution in [2.24, 2.45) is 0 Å². The van der Waals surface area contributed by atoms with Gasteiger partial charge < -0.3 is 13.3 Å². The molecule has 0 saturated carbocycles. The van der Waals surface area contributed by atoms with E-state index in [1.165, 1.54) is 5.56 Å². The highest BCUT2D eigenvalue weighted by Crippen LogP contribution is 2.21. The minimum absolute atomic E-state index is 0.433. The number of hydrogen-bond donors (Lipinski definition) is 0. The maximum Gasteiger partial charge on any atom is 0.501 e. The SMILES string of the molecule is CCO[Si](CCc1ccccc1CC#N)(OCC)OCC. The van der Waals surface area contributed by atoms with E-state index in [2.05, 4.69) is 12.1 Å². The quantitative estimate of drug-likeness (QED) is 0.622. The average Bonchev–Trinajstić information content (AvgIpc) is 2.48. The van der Waals surface area contributed by atoms with Gasteiger partial charge in [0.1, 0.15) is 0 Å². The van der Waals surface area contributed by atoms with Gasteiger partial charge in [0.2, 0.25) is 0 Å². The first kappa shape index (κ1) is 17.9. The molecule has 0 aliphatic carbocycles. The van der Waals surface area contributed by atoms with Crippen LogP contribution in [0.5, 0.6) is 0 Å². The summed E-state index contributed by atoms with van der Waals surface area (Å²) >= 11 is 0. The predicted molar refractivity (Wildman–Crippen MR) is 84.9 cm³/mol. The van der Waals surface area contributed by atoms with Crippen LogP contribution in [0.25, 0.3) is 0 Å². The van der Waals surface area contributed by atoms with Gasteiger partial charge in [-0.15, -0.1) is 0 Å². The van der Waals surface area contributed by atoms with Crippen molar-refractivity contribution < 1.29 is 13.3 Å². The minimum atomic E-state index is -2.61. The van der Waals surface area contributed by atoms with Crippen molar-refractivity contribution in [2.75, 3.05) is 19.8 Å². The van der Waals surface area contributed by atoms with Gasteiger partial charge in [-0.2, -0.15) is 5.26 Å². The second-order valence-electron chi connectivity index (χ2n) is 4.59. The van der Waals surface area contributed by atoms with Crippen LogP contribution < -0.4 is 0 Å². The molecular formula is C16H25NO3Si. The predicted octanol–water partition coefficient (Wildman–Crippen LogP) is 3.34. The third-order valence-electron chi connectivity index (χ3n) is 3.18. The third kappa shape index (κ3) is 5.60. The van der Waals surface area contributed by atoms with Crippen molar-refractivity contribution in [3.8, 4) is 6.07 Å². The first-order chi connectivity index (χ1) is 10.2. The molecule has 0 N–H and O–H groups in total. The number of nitrogens with zero attached hydrogens (tertiary/aromatic N) is 1. The monoisotopic (exact) mass is 307 g/mol. The van der Waals surface area contributed by atoms with Gasteiger partial charge in [0.25, 0.3) is 0 Å². The maximum absolute atomic E-state index is 8.91. The molecular weight excluding hydrogens is 282 g/mol. The first-order valence-electron chi connectivity index (χ1n) is 7.56. The van der Waals surface area contributed by atoms with Gasteiger partial charge in [-0.1, -0.05) is 24.3 Å². The van der Waals surface area contributed by atoms with E-state index in [0.29, 0.717) is 26.2 Å². The molecule has 0 amide bonds. The van der Waals surface area contributed by atoms with Crippen LogP contribution in [-0.2, 0) is 26.1 Å². The standard InChI is InChI=1S/C16H25NO3Si/c1-4-18-21(19-5-2,20-6-3)14-12-16-10-8-7-9-15(16)11-13-17/h7-10H,4-6,11-12,14H2,1-3H3. The lowest BCUT2D eigenvalue weighted by atomic mass is 10.0. The van der Waals surface area contributed by atoms with E-state index in [4.69, 9.17) is 18.5 Å². The molecule has 0 fully saturated rings. The van der Waals surface area contributed by atoms with E-state index in [-0.39, 0.29) is 0 Å². The lowest BCUT2D eigenvalue weighted by Crippen LogP contribution is -2.46. The minimum Gasteiger partial charge on any atom is -0.374 e. The van der Waals surface area contributed by atoms with Gasteiger partial charge in [-0.25, -0.2) is 0 Å². The average molecular weight is 307 g/mol. The third-order valence-corrected chi connectivity index (χ3v) is 6.23. The zero-order valence-corrected chi connectivity index (χ0v) is 14.2. The topological polar surface area (TPSA) is 51.5 Å². The molecule has 0 radical (unpaired) electrons. The second kappa shape index (κ2) is 9.69. The summed E-state index contributed by atoms with van der Waals surface area (Å²) in [5, 5.41) is 8.91. The van der Waals surface area contributed by atoms with Gasteiger partial charge in [0.15, 0.2) is 0 Å². The summed E-state index contributed by atoms with van der Waals surface area (Å²) in [7, 11) is -2.61. The molecule has 0 saturated heterocycles. The van der Waals surface area contributed by atoms with E-state index >= 15 is 0 Å². The van der Waals surface area contributed by atoms with Crippen LogP contribution >= 0.6 is 0 Å². The van der Waals surface area contributed by atoms with Crippen LogP contribution in [0.4, 0.5) is 0 Å². The summed E-state index contributed by atoms with van der Waals surface area (Å²) in [4.78, 5) is 0. The molecule has 0 bridgehead atoms. The number of aryl methyl sites for hydroxylation is 1. The van der Waals surface area contributed by atoms with Gasteiger partial charge in [0.05, 0.1) is 12.5 Å². The Morgan fingerprint density at radius 1 is 0.952 bits per heavy atom. The molecule has 4 nitrogen and oxygen atoms in total. The molecule has 0 spiro atoms. The van der Waals surface area contributed by atoms with Gasteiger partial charge in [0, 0.05) is 25.9 Å². The molecule has 0 unspecified atom stereocenters. The smallest absolute Gasteiger partial charge is 0.374 e. The zero-order valence-electron chi connectivity index (χ0n) is 13.2. The van der Waals surface area contributed by atoms with Crippen LogP contribution in [0.2, 0.25) is 6.04 Å². The van der Waals surface area contributed by atoms with Crippen LogP contribution in [0, 0.1) is 11.3 Å². The summed E-state index contributed by atoms with van der Waals surface area (Å²) in [5.74, 6) is 0.